The minimum absolute atomic E-state index is 0.332. The second kappa shape index (κ2) is 6.37. The third-order valence-corrected chi connectivity index (χ3v) is 3.43. The van der Waals surface area contributed by atoms with Crippen LogP contribution in [0.25, 0.3) is 0 Å². The van der Waals surface area contributed by atoms with Gasteiger partial charge in [0.05, 0.1) is 9.50 Å². The maximum atomic E-state index is 13.2. The Labute approximate surface area is 124 Å². The van der Waals surface area contributed by atoms with Gasteiger partial charge in [0.15, 0.2) is 0 Å². The maximum absolute atomic E-state index is 13.2. The molecule has 100 valence electrons. The van der Waals surface area contributed by atoms with Crippen molar-refractivity contribution >= 4 is 27.5 Å². The van der Waals surface area contributed by atoms with E-state index in [0.717, 1.165) is 5.56 Å². The van der Waals surface area contributed by atoms with Crippen LogP contribution in [0.3, 0.4) is 0 Å². The van der Waals surface area contributed by atoms with Gasteiger partial charge >= 0.3 is 0 Å². The lowest BCUT2D eigenvalue weighted by atomic mass is 10.2. The van der Waals surface area contributed by atoms with Crippen LogP contribution in [-0.4, -0.2) is 7.05 Å². The van der Waals surface area contributed by atoms with Crippen LogP contribution < -0.4 is 10.1 Å². The molecule has 0 bridgehead atoms. The van der Waals surface area contributed by atoms with Crippen LogP contribution in [-0.2, 0) is 6.54 Å². The largest absolute Gasteiger partial charge is 0.455 e. The molecule has 5 heteroatoms. The van der Waals surface area contributed by atoms with E-state index in [-0.39, 0.29) is 5.82 Å². The van der Waals surface area contributed by atoms with Crippen LogP contribution in [0.5, 0.6) is 11.5 Å². The van der Waals surface area contributed by atoms with Gasteiger partial charge in [-0.3, -0.25) is 0 Å². The van der Waals surface area contributed by atoms with E-state index in [4.69, 9.17) is 16.3 Å². The first-order chi connectivity index (χ1) is 9.11. The molecule has 2 aromatic rings. The van der Waals surface area contributed by atoms with Crippen molar-refractivity contribution in [1.82, 2.24) is 5.32 Å². The van der Waals surface area contributed by atoms with Crippen molar-refractivity contribution in [2.45, 2.75) is 6.54 Å². The standard InChI is InChI=1S/C14H12BrClFNO/c1-18-8-9-3-2-4-12(16)14(9)19-10-5-6-13(17)11(15)7-10/h2-7,18H,8H2,1H3. The zero-order chi connectivity index (χ0) is 13.8. The van der Waals surface area contributed by atoms with E-state index in [1.165, 1.54) is 6.07 Å². The van der Waals surface area contributed by atoms with Gasteiger partial charge in [0, 0.05) is 12.1 Å². The number of ether oxygens (including phenoxy) is 1. The van der Waals surface area contributed by atoms with Crippen LogP contribution in [0.15, 0.2) is 40.9 Å². The zero-order valence-electron chi connectivity index (χ0n) is 10.2. The fourth-order valence-corrected chi connectivity index (χ4v) is 2.25. The predicted molar refractivity (Wildman–Crippen MR) is 78.4 cm³/mol. The molecule has 2 aromatic carbocycles. The van der Waals surface area contributed by atoms with Crippen molar-refractivity contribution in [3.05, 3.63) is 57.3 Å². The van der Waals surface area contributed by atoms with Crippen molar-refractivity contribution in [1.29, 1.82) is 0 Å². The van der Waals surface area contributed by atoms with Gasteiger partial charge in [0.25, 0.3) is 0 Å². The Bertz CT molecular complexity index is 592. The van der Waals surface area contributed by atoms with Crippen LogP contribution in [0.1, 0.15) is 5.56 Å². The summed E-state index contributed by atoms with van der Waals surface area (Å²) < 4.78 is 19.3. The van der Waals surface area contributed by atoms with Crippen molar-refractivity contribution < 1.29 is 9.13 Å². The summed E-state index contributed by atoms with van der Waals surface area (Å²) in [5.74, 6) is 0.776. The fraction of sp³-hybridized carbons (Fsp3) is 0.143. The Morgan fingerprint density at radius 2 is 2.11 bits per heavy atom. The second-order valence-corrected chi connectivity index (χ2v) is 5.20. The first-order valence-electron chi connectivity index (χ1n) is 5.66. The van der Waals surface area contributed by atoms with Gasteiger partial charge in [-0.2, -0.15) is 0 Å². The molecule has 1 N–H and O–H groups in total. The van der Waals surface area contributed by atoms with Crippen molar-refractivity contribution in [2.75, 3.05) is 7.05 Å². The number of hydrogen-bond acceptors (Lipinski definition) is 2. The molecule has 0 unspecified atom stereocenters. The predicted octanol–water partition coefficient (Wildman–Crippen LogP) is 4.75. The lowest BCUT2D eigenvalue weighted by Crippen LogP contribution is -2.06. The average Bonchev–Trinajstić information content (AvgIpc) is 2.38. The van der Waals surface area contributed by atoms with E-state index >= 15 is 0 Å². The highest BCUT2D eigenvalue weighted by atomic mass is 79.9. The number of hydrogen-bond donors (Lipinski definition) is 1. The molecule has 0 saturated heterocycles. The summed E-state index contributed by atoms with van der Waals surface area (Å²) in [5, 5.41) is 3.57. The van der Waals surface area contributed by atoms with Crippen LogP contribution in [0.2, 0.25) is 5.02 Å². The Hall–Kier alpha value is -1.10. The molecule has 0 saturated carbocycles. The molecule has 0 spiro atoms. The summed E-state index contributed by atoms with van der Waals surface area (Å²) in [6.07, 6.45) is 0. The van der Waals surface area contributed by atoms with Gasteiger partial charge in [0.1, 0.15) is 17.3 Å². The number of nitrogens with one attached hydrogen (secondary N) is 1. The number of halogens is 3. The van der Waals surface area contributed by atoms with E-state index < -0.39 is 0 Å². The highest BCUT2D eigenvalue weighted by Gasteiger charge is 2.10. The van der Waals surface area contributed by atoms with Gasteiger partial charge in [-0.25, -0.2) is 4.39 Å². The first-order valence-corrected chi connectivity index (χ1v) is 6.84. The molecule has 2 rings (SSSR count). The molecule has 0 aliphatic carbocycles. The Kier molecular flexibility index (Phi) is 4.80. The monoisotopic (exact) mass is 343 g/mol. The van der Waals surface area contributed by atoms with E-state index in [0.29, 0.717) is 27.5 Å². The molecule has 0 amide bonds. The second-order valence-electron chi connectivity index (χ2n) is 3.94. The van der Waals surface area contributed by atoms with Crippen molar-refractivity contribution in [3.63, 3.8) is 0 Å². The summed E-state index contributed by atoms with van der Waals surface area (Å²) in [6.45, 7) is 0.637. The molecule has 0 heterocycles. The van der Waals surface area contributed by atoms with Gasteiger partial charge in [0.2, 0.25) is 0 Å². The number of rotatable bonds is 4. The molecule has 0 aliphatic heterocycles. The highest BCUT2D eigenvalue weighted by Crippen LogP contribution is 2.34. The summed E-state index contributed by atoms with van der Waals surface area (Å²) in [7, 11) is 1.85. The van der Waals surface area contributed by atoms with Crippen LogP contribution in [0.4, 0.5) is 4.39 Å². The smallest absolute Gasteiger partial charge is 0.150 e. The molecule has 0 radical (unpaired) electrons. The topological polar surface area (TPSA) is 21.3 Å². The highest BCUT2D eigenvalue weighted by molar-refractivity contribution is 9.10. The van der Waals surface area contributed by atoms with Crippen LogP contribution >= 0.6 is 27.5 Å². The molecular formula is C14H12BrClFNO. The first kappa shape index (κ1) is 14.3. The van der Waals surface area contributed by atoms with Gasteiger partial charge in [-0.05, 0) is 47.2 Å². The van der Waals surface area contributed by atoms with E-state index in [2.05, 4.69) is 21.2 Å². The third-order valence-electron chi connectivity index (χ3n) is 2.53. The van der Waals surface area contributed by atoms with E-state index in [9.17, 15) is 4.39 Å². The molecule has 0 fully saturated rings. The van der Waals surface area contributed by atoms with E-state index in [1.54, 1.807) is 18.2 Å². The quantitative estimate of drug-likeness (QED) is 0.864. The average molecular weight is 345 g/mol. The van der Waals surface area contributed by atoms with Crippen molar-refractivity contribution in [2.24, 2.45) is 0 Å². The molecule has 0 atom stereocenters. The summed E-state index contributed by atoms with van der Waals surface area (Å²) >= 11 is 9.27. The third kappa shape index (κ3) is 3.47. The van der Waals surface area contributed by atoms with Crippen molar-refractivity contribution in [3.8, 4) is 11.5 Å². The summed E-state index contributed by atoms with van der Waals surface area (Å²) in [4.78, 5) is 0. The molecule has 0 aliphatic rings. The fourth-order valence-electron chi connectivity index (χ4n) is 1.66. The number of benzene rings is 2. The molecular weight excluding hydrogens is 333 g/mol. The van der Waals surface area contributed by atoms with E-state index in [1.807, 2.05) is 19.2 Å². The Morgan fingerprint density at radius 1 is 1.32 bits per heavy atom. The number of para-hydroxylation sites is 1. The normalized spacial score (nSPS) is 10.5. The zero-order valence-corrected chi connectivity index (χ0v) is 12.6. The Balaban J connectivity index is 2.34. The molecule has 0 aromatic heterocycles. The Morgan fingerprint density at radius 3 is 2.79 bits per heavy atom. The maximum Gasteiger partial charge on any atom is 0.150 e. The van der Waals surface area contributed by atoms with Crippen LogP contribution in [0, 0.1) is 5.82 Å². The van der Waals surface area contributed by atoms with Gasteiger partial charge in [-0.1, -0.05) is 23.7 Å². The SMILES string of the molecule is CNCc1cccc(Cl)c1Oc1ccc(F)c(Br)c1. The minimum Gasteiger partial charge on any atom is -0.455 e. The molecule has 2 nitrogen and oxygen atoms in total. The molecule has 19 heavy (non-hydrogen) atoms. The lowest BCUT2D eigenvalue weighted by Gasteiger charge is -2.13. The van der Waals surface area contributed by atoms with Gasteiger partial charge in [-0.15, -0.1) is 0 Å². The lowest BCUT2D eigenvalue weighted by molar-refractivity contribution is 0.472. The van der Waals surface area contributed by atoms with Gasteiger partial charge < -0.3 is 10.1 Å². The minimum atomic E-state index is -0.332. The summed E-state index contributed by atoms with van der Waals surface area (Å²) in [6, 6.07) is 10.0. The summed E-state index contributed by atoms with van der Waals surface area (Å²) in [5.41, 5.74) is 0.940.